The molecule has 2 nitrogen and oxygen atoms in total. The molecule has 93 valence electrons. The van der Waals surface area contributed by atoms with Crippen LogP contribution in [0.25, 0.3) is 11.1 Å². The first-order valence-corrected chi connectivity index (χ1v) is 6.04. The highest BCUT2D eigenvalue weighted by Gasteiger charge is 2.01. The summed E-state index contributed by atoms with van der Waals surface area (Å²) in [4.78, 5) is 4.02. The number of halogens is 1. The van der Waals surface area contributed by atoms with Gasteiger partial charge in [0.25, 0.3) is 0 Å². The second-order valence-electron chi connectivity index (χ2n) is 4.33. The van der Waals surface area contributed by atoms with E-state index in [1.165, 1.54) is 12.1 Å². The van der Waals surface area contributed by atoms with Crippen molar-refractivity contribution in [3.8, 4) is 11.1 Å². The van der Waals surface area contributed by atoms with Crippen molar-refractivity contribution in [2.45, 2.75) is 6.54 Å². The van der Waals surface area contributed by atoms with Gasteiger partial charge in [0.2, 0.25) is 0 Å². The summed E-state index contributed by atoms with van der Waals surface area (Å²) in [6, 6.07) is 15.8. The minimum absolute atomic E-state index is 0.224. The molecule has 0 bridgehead atoms. The molecule has 1 aromatic heterocycles. The maximum atomic E-state index is 12.9. The largest absolute Gasteiger partial charge is 0.333 e. The highest BCUT2D eigenvalue weighted by atomic mass is 19.1. The first-order chi connectivity index (χ1) is 9.31. The zero-order valence-corrected chi connectivity index (χ0v) is 10.3. The molecule has 3 heteroatoms. The molecular weight excluding hydrogens is 239 g/mol. The lowest BCUT2D eigenvalue weighted by Crippen LogP contribution is -1.96. The van der Waals surface area contributed by atoms with Gasteiger partial charge in [-0.25, -0.2) is 9.37 Å². The fraction of sp³-hybridized carbons (Fsp3) is 0.0625. The van der Waals surface area contributed by atoms with E-state index >= 15 is 0 Å². The average Bonchev–Trinajstić information content (AvgIpc) is 2.93. The third-order valence-electron chi connectivity index (χ3n) is 2.92. The van der Waals surface area contributed by atoms with Crippen molar-refractivity contribution in [2.75, 3.05) is 0 Å². The molecule has 0 unspecified atom stereocenters. The van der Waals surface area contributed by atoms with Crippen molar-refractivity contribution in [3.05, 3.63) is 78.6 Å². The summed E-state index contributed by atoms with van der Waals surface area (Å²) >= 11 is 0. The first kappa shape index (κ1) is 11.7. The lowest BCUT2D eigenvalue weighted by Gasteiger charge is -2.06. The molecule has 0 spiro atoms. The monoisotopic (exact) mass is 251 g/mol. The molecule has 1 radical (unpaired) electrons. The van der Waals surface area contributed by atoms with Crippen LogP contribution in [-0.4, -0.2) is 9.55 Å². The minimum atomic E-state index is -0.224. The predicted molar refractivity (Wildman–Crippen MR) is 72.0 cm³/mol. The van der Waals surface area contributed by atoms with Gasteiger partial charge in [-0.2, -0.15) is 0 Å². The Bertz CT molecular complexity index is 657. The fourth-order valence-corrected chi connectivity index (χ4v) is 1.98. The summed E-state index contributed by atoms with van der Waals surface area (Å²) < 4.78 is 14.9. The van der Waals surface area contributed by atoms with Crippen LogP contribution in [0.2, 0.25) is 0 Å². The number of aromatic nitrogens is 2. The van der Waals surface area contributed by atoms with Gasteiger partial charge >= 0.3 is 0 Å². The summed E-state index contributed by atoms with van der Waals surface area (Å²) in [5.74, 6) is -0.224. The average molecular weight is 251 g/mol. The van der Waals surface area contributed by atoms with Crippen LogP contribution in [0.4, 0.5) is 4.39 Å². The lowest BCUT2D eigenvalue weighted by molar-refractivity contribution is 0.628. The van der Waals surface area contributed by atoms with Gasteiger partial charge in [-0.1, -0.05) is 30.3 Å². The van der Waals surface area contributed by atoms with Crippen molar-refractivity contribution < 1.29 is 4.39 Å². The Hall–Kier alpha value is -2.42. The zero-order valence-electron chi connectivity index (χ0n) is 10.3. The summed E-state index contributed by atoms with van der Waals surface area (Å²) in [7, 11) is 0. The number of imidazole rings is 1. The van der Waals surface area contributed by atoms with E-state index < -0.39 is 0 Å². The van der Waals surface area contributed by atoms with E-state index in [-0.39, 0.29) is 5.82 Å². The van der Waals surface area contributed by atoms with Crippen molar-refractivity contribution >= 4 is 0 Å². The Morgan fingerprint density at radius 1 is 1.11 bits per heavy atom. The van der Waals surface area contributed by atoms with E-state index in [0.29, 0.717) is 0 Å². The predicted octanol–water partition coefficient (Wildman–Crippen LogP) is 3.54. The molecule has 0 aliphatic heterocycles. The Kier molecular flexibility index (Phi) is 3.11. The SMILES string of the molecule is Fc1ccc(-c2[c]c(Cn3ccnc3)ccc2)cc1. The fourth-order valence-electron chi connectivity index (χ4n) is 1.98. The van der Waals surface area contributed by atoms with Gasteiger partial charge in [-0.05, 0) is 34.9 Å². The van der Waals surface area contributed by atoms with Crippen LogP contribution >= 0.6 is 0 Å². The summed E-state index contributed by atoms with van der Waals surface area (Å²) in [6.45, 7) is 0.731. The Morgan fingerprint density at radius 2 is 1.95 bits per heavy atom. The smallest absolute Gasteiger partial charge is 0.123 e. The molecular formula is C16H12FN2. The minimum Gasteiger partial charge on any atom is -0.333 e. The molecule has 0 amide bonds. The van der Waals surface area contributed by atoms with Crippen molar-refractivity contribution in [1.29, 1.82) is 0 Å². The molecule has 3 aromatic rings. The summed E-state index contributed by atoms with van der Waals surface area (Å²) in [6.07, 6.45) is 5.45. The number of hydrogen-bond acceptors (Lipinski definition) is 1. The van der Waals surface area contributed by atoms with Gasteiger partial charge in [-0.15, -0.1) is 0 Å². The molecule has 0 atom stereocenters. The first-order valence-electron chi connectivity index (χ1n) is 6.04. The van der Waals surface area contributed by atoms with E-state index in [4.69, 9.17) is 0 Å². The molecule has 0 N–H and O–H groups in total. The van der Waals surface area contributed by atoms with E-state index in [1.54, 1.807) is 24.7 Å². The maximum Gasteiger partial charge on any atom is 0.123 e. The number of hydrogen-bond donors (Lipinski definition) is 0. The van der Waals surface area contributed by atoms with Gasteiger partial charge in [0.1, 0.15) is 5.82 Å². The van der Waals surface area contributed by atoms with Gasteiger partial charge < -0.3 is 4.57 Å². The number of rotatable bonds is 3. The van der Waals surface area contributed by atoms with E-state index in [9.17, 15) is 4.39 Å². The Balaban J connectivity index is 1.89. The molecule has 0 saturated carbocycles. The third kappa shape index (κ3) is 2.71. The van der Waals surface area contributed by atoms with Crippen molar-refractivity contribution in [3.63, 3.8) is 0 Å². The van der Waals surface area contributed by atoms with E-state index in [2.05, 4.69) is 11.1 Å². The Morgan fingerprint density at radius 3 is 2.68 bits per heavy atom. The van der Waals surface area contributed by atoms with Gasteiger partial charge in [0.05, 0.1) is 6.33 Å². The van der Waals surface area contributed by atoms with Gasteiger partial charge in [0.15, 0.2) is 0 Å². The van der Waals surface area contributed by atoms with Crippen LogP contribution in [0.1, 0.15) is 5.56 Å². The molecule has 3 rings (SSSR count). The quantitative estimate of drug-likeness (QED) is 0.696. The zero-order chi connectivity index (χ0) is 13.1. The van der Waals surface area contributed by atoms with Gasteiger partial charge in [0, 0.05) is 18.9 Å². The topological polar surface area (TPSA) is 17.8 Å². The van der Waals surface area contributed by atoms with Crippen molar-refractivity contribution in [2.24, 2.45) is 0 Å². The Labute approximate surface area is 111 Å². The van der Waals surface area contributed by atoms with Crippen molar-refractivity contribution in [1.82, 2.24) is 9.55 Å². The highest BCUT2D eigenvalue weighted by Crippen LogP contribution is 2.20. The highest BCUT2D eigenvalue weighted by molar-refractivity contribution is 5.63. The van der Waals surface area contributed by atoms with Crippen LogP contribution in [0.3, 0.4) is 0 Å². The van der Waals surface area contributed by atoms with E-state index in [0.717, 1.165) is 23.2 Å². The summed E-state index contributed by atoms with van der Waals surface area (Å²) in [5, 5.41) is 0. The van der Waals surface area contributed by atoms with Crippen LogP contribution < -0.4 is 0 Å². The molecule has 1 heterocycles. The second kappa shape index (κ2) is 5.06. The van der Waals surface area contributed by atoms with Crippen LogP contribution in [0, 0.1) is 11.9 Å². The molecule has 0 aliphatic carbocycles. The number of benzene rings is 2. The van der Waals surface area contributed by atoms with Crippen LogP contribution in [0.5, 0.6) is 0 Å². The summed E-state index contributed by atoms with van der Waals surface area (Å²) in [5.41, 5.74) is 3.01. The van der Waals surface area contributed by atoms with E-state index in [1.807, 2.05) is 29.0 Å². The number of nitrogens with zero attached hydrogens (tertiary/aromatic N) is 2. The molecule has 2 aromatic carbocycles. The molecule has 0 aliphatic rings. The molecule has 0 saturated heterocycles. The molecule has 19 heavy (non-hydrogen) atoms. The maximum absolute atomic E-state index is 12.9. The lowest BCUT2D eigenvalue weighted by atomic mass is 10.0. The standard InChI is InChI=1S/C16H12FN2/c17-16-6-4-14(5-7-16)15-3-1-2-13(10-15)11-19-9-8-18-12-19/h1-9,12H,11H2. The normalized spacial score (nSPS) is 10.6. The van der Waals surface area contributed by atoms with Gasteiger partial charge in [-0.3, -0.25) is 0 Å². The molecule has 0 fully saturated rings. The third-order valence-corrected chi connectivity index (χ3v) is 2.92. The van der Waals surface area contributed by atoms with Crippen LogP contribution in [0.15, 0.2) is 61.2 Å². The second-order valence-corrected chi connectivity index (χ2v) is 4.33. The van der Waals surface area contributed by atoms with Crippen LogP contribution in [-0.2, 0) is 6.54 Å².